The summed E-state index contributed by atoms with van der Waals surface area (Å²) in [6, 6.07) is 1.56. The summed E-state index contributed by atoms with van der Waals surface area (Å²) in [4.78, 5) is 25.8. The number of halogens is 1. The molecule has 1 amide bonds. The zero-order valence-electron chi connectivity index (χ0n) is 10.0. The number of H-pyrrole nitrogens is 1. The van der Waals surface area contributed by atoms with Gasteiger partial charge >= 0.3 is 0 Å². The smallest absolute Gasteiger partial charge is 0.271 e. The van der Waals surface area contributed by atoms with Crippen molar-refractivity contribution in [2.24, 2.45) is 5.92 Å². The first-order valence-electron chi connectivity index (χ1n) is 5.87. The Kier molecular flexibility index (Phi) is 4.19. The third kappa shape index (κ3) is 3.68. The van der Waals surface area contributed by atoms with Gasteiger partial charge < -0.3 is 15.0 Å². The van der Waals surface area contributed by atoms with Crippen molar-refractivity contribution in [2.45, 2.75) is 25.9 Å². The normalized spacial score (nSPS) is 16.3. The maximum atomic E-state index is 11.8. The van der Waals surface area contributed by atoms with Crippen molar-refractivity contribution in [2.75, 3.05) is 11.9 Å². The molecule has 1 fully saturated rings. The summed E-state index contributed by atoms with van der Waals surface area (Å²) in [5.74, 6) is 0.300. The van der Waals surface area contributed by atoms with Crippen molar-refractivity contribution in [3.63, 3.8) is 0 Å². The van der Waals surface area contributed by atoms with Gasteiger partial charge in [-0.05, 0) is 47.7 Å². The molecule has 1 aliphatic carbocycles. The van der Waals surface area contributed by atoms with E-state index in [0.717, 1.165) is 0 Å². The predicted molar refractivity (Wildman–Crippen MR) is 71.5 cm³/mol. The molecular weight excluding hydrogens is 300 g/mol. The molecule has 0 aliphatic heterocycles. The van der Waals surface area contributed by atoms with E-state index in [1.807, 2.05) is 0 Å². The minimum atomic E-state index is -0.552. The van der Waals surface area contributed by atoms with Gasteiger partial charge in [0.05, 0.1) is 6.61 Å². The van der Waals surface area contributed by atoms with Gasteiger partial charge in [0.1, 0.15) is 11.8 Å². The van der Waals surface area contributed by atoms with Gasteiger partial charge in [-0.25, -0.2) is 0 Å². The molecule has 0 saturated heterocycles. The number of carbonyl (C=O) groups is 1. The number of anilines is 1. The van der Waals surface area contributed by atoms with Crippen molar-refractivity contribution in [1.82, 2.24) is 4.98 Å². The van der Waals surface area contributed by atoms with Gasteiger partial charge in [0.15, 0.2) is 0 Å². The summed E-state index contributed by atoms with van der Waals surface area (Å²) in [6.45, 7) is 2.30. The van der Waals surface area contributed by atoms with Crippen LogP contribution in [0.1, 0.15) is 19.8 Å². The van der Waals surface area contributed by atoms with E-state index < -0.39 is 6.10 Å². The first-order valence-corrected chi connectivity index (χ1v) is 6.66. The summed E-state index contributed by atoms with van der Waals surface area (Å²) in [5, 5.41) is 2.56. The maximum Gasteiger partial charge on any atom is 0.271 e. The zero-order chi connectivity index (χ0) is 13.1. The van der Waals surface area contributed by atoms with Crippen LogP contribution in [-0.2, 0) is 9.53 Å². The molecule has 0 aromatic carbocycles. The van der Waals surface area contributed by atoms with E-state index in [-0.39, 0.29) is 17.2 Å². The number of aromatic nitrogens is 1. The van der Waals surface area contributed by atoms with E-state index in [4.69, 9.17) is 4.74 Å². The highest BCUT2D eigenvalue weighted by Gasteiger charge is 2.24. The lowest BCUT2D eigenvalue weighted by Gasteiger charge is -2.12. The molecule has 5 nitrogen and oxygen atoms in total. The van der Waals surface area contributed by atoms with E-state index in [1.165, 1.54) is 19.0 Å². The van der Waals surface area contributed by atoms with Crippen LogP contribution in [0, 0.1) is 5.92 Å². The van der Waals surface area contributed by atoms with Crippen LogP contribution in [0.5, 0.6) is 0 Å². The molecule has 6 heteroatoms. The van der Waals surface area contributed by atoms with Gasteiger partial charge in [-0.1, -0.05) is 0 Å². The average Bonchev–Trinajstić information content (AvgIpc) is 3.14. The molecule has 2 rings (SSSR count). The van der Waals surface area contributed by atoms with Crippen molar-refractivity contribution < 1.29 is 9.53 Å². The van der Waals surface area contributed by atoms with Gasteiger partial charge in [0, 0.05) is 10.7 Å². The number of ether oxygens (including phenoxy) is 1. The fraction of sp³-hybridized carbons (Fsp3) is 0.500. The van der Waals surface area contributed by atoms with Gasteiger partial charge in [-0.15, -0.1) is 0 Å². The van der Waals surface area contributed by atoms with Crippen LogP contribution in [-0.4, -0.2) is 23.6 Å². The number of hydrogen-bond donors (Lipinski definition) is 2. The van der Waals surface area contributed by atoms with E-state index in [1.54, 1.807) is 13.0 Å². The standard InChI is InChI=1S/C12H15BrN2O3/c1-7(18-6-8-2-3-8)11(16)15-10-4-9(13)5-14-12(10)17/h4-5,7-8H,2-3,6H2,1H3,(H,14,17)(H,15,16)/t7-/m0/s1. The third-order valence-electron chi connectivity index (χ3n) is 2.77. The van der Waals surface area contributed by atoms with E-state index in [9.17, 15) is 9.59 Å². The first kappa shape index (κ1) is 13.3. The van der Waals surface area contributed by atoms with Crippen molar-refractivity contribution in [1.29, 1.82) is 0 Å². The van der Waals surface area contributed by atoms with E-state index in [0.29, 0.717) is 17.0 Å². The largest absolute Gasteiger partial charge is 0.368 e. The lowest BCUT2D eigenvalue weighted by Crippen LogP contribution is -2.30. The molecule has 0 spiro atoms. The number of hydrogen-bond acceptors (Lipinski definition) is 3. The molecule has 1 aromatic rings. The molecule has 1 atom stereocenters. The highest BCUT2D eigenvalue weighted by atomic mass is 79.9. The number of carbonyl (C=O) groups excluding carboxylic acids is 1. The summed E-state index contributed by atoms with van der Waals surface area (Å²) in [6.07, 6.45) is 3.33. The Morgan fingerprint density at radius 3 is 3.06 bits per heavy atom. The summed E-state index contributed by atoms with van der Waals surface area (Å²) >= 11 is 3.23. The predicted octanol–water partition coefficient (Wildman–Crippen LogP) is 1.89. The second kappa shape index (κ2) is 5.67. The highest BCUT2D eigenvalue weighted by molar-refractivity contribution is 9.10. The molecule has 1 aromatic heterocycles. The molecule has 2 N–H and O–H groups in total. The quantitative estimate of drug-likeness (QED) is 0.872. The molecule has 1 saturated carbocycles. The van der Waals surface area contributed by atoms with Crippen LogP contribution < -0.4 is 10.9 Å². The molecule has 0 unspecified atom stereocenters. The summed E-state index contributed by atoms with van der Waals surface area (Å²) < 4.78 is 6.13. The molecule has 0 radical (unpaired) electrons. The monoisotopic (exact) mass is 314 g/mol. The molecule has 18 heavy (non-hydrogen) atoms. The lowest BCUT2D eigenvalue weighted by atomic mass is 10.3. The Labute approximate surface area is 113 Å². The van der Waals surface area contributed by atoms with Crippen LogP contribution in [0.15, 0.2) is 21.5 Å². The number of nitrogens with one attached hydrogen (secondary N) is 2. The van der Waals surface area contributed by atoms with Crippen molar-refractivity contribution >= 4 is 27.5 Å². The lowest BCUT2D eigenvalue weighted by molar-refractivity contribution is -0.126. The fourth-order valence-corrected chi connectivity index (χ4v) is 1.77. The van der Waals surface area contributed by atoms with Crippen LogP contribution >= 0.6 is 15.9 Å². The fourth-order valence-electron chi connectivity index (χ4n) is 1.43. The van der Waals surface area contributed by atoms with Gasteiger partial charge in [0.2, 0.25) is 0 Å². The van der Waals surface area contributed by atoms with Crippen LogP contribution in [0.25, 0.3) is 0 Å². The van der Waals surface area contributed by atoms with Crippen LogP contribution in [0.3, 0.4) is 0 Å². The second-order valence-corrected chi connectivity index (χ2v) is 5.38. The molecule has 1 aliphatic rings. The summed E-state index contributed by atoms with van der Waals surface area (Å²) in [5.41, 5.74) is -0.114. The Morgan fingerprint density at radius 2 is 2.39 bits per heavy atom. The van der Waals surface area contributed by atoms with Crippen LogP contribution in [0.4, 0.5) is 5.69 Å². The molecule has 98 valence electrons. The summed E-state index contributed by atoms with van der Waals surface area (Å²) in [7, 11) is 0. The number of rotatable bonds is 5. The minimum Gasteiger partial charge on any atom is -0.368 e. The van der Waals surface area contributed by atoms with Gasteiger partial charge in [0.25, 0.3) is 11.5 Å². The van der Waals surface area contributed by atoms with E-state index >= 15 is 0 Å². The Balaban J connectivity index is 1.92. The molecule has 1 heterocycles. The van der Waals surface area contributed by atoms with Gasteiger partial charge in [-0.2, -0.15) is 0 Å². The topological polar surface area (TPSA) is 71.2 Å². The molecule has 0 bridgehead atoms. The Morgan fingerprint density at radius 1 is 1.67 bits per heavy atom. The SMILES string of the molecule is C[C@H](OCC1CC1)C(=O)Nc1cc(Br)c[nH]c1=O. The zero-order valence-corrected chi connectivity index (χ0v) is 11.6. The first-order chi connectivity index (χ1) is 8.56. The highest BCUT2D eigenvalue weighted by Crippen LogP contribution is 2.29. The maximum absolute atomic E-state index is 11.8. The number of aromatic amines is 1. The number of pyridine rings is 1. The average molecular weight is 315 g/mol. The second-order valence-electron chi connectivity index (χ2n) is 4.47. The van der Waals surface area contributed by atoms with Gasteiger partial charge in [-0.3, -0.25) is 9.59 Å². The van der Waals surface area contributed by atoms with Crippen LogP contribution in [0.2, 0.25) is 0 Å². The third-order valence-corrected chi connectivity index (χ3v) is 3.23. The van der Waals surface area contributed by atoms with Crippen molar-refractivity contribution in [3.05, 3.63) is 27.1 Å². The minimum absolute atomic E-state index is 0.219. The van der Waals surface area contributed by atoms with Crippen molar-refractivity contribution in [3.8, 4) is 0 Å². The Bertz CT molecular complexity index is 496. The van der Waals surface area contributed by atoms with E-state index in [2.05, 4.69) is 26.2 Å². The molecular formula is C12H15BrN2O3. The number of amides is 1. The Hall–Kier alpha value is -1.14.